The standard InChI is InChI=1S/C26H25FN4O3S/c1-30(16-18-8-4-6-10-22(18)27)24(32)17-35-26-29-28-25(21-9-5-7-11-23(21)34-3)31(26)19-12-14-20(33-2)15-13-19/h4-15H,16-17H2,1-3H3. The summed E-state index contributed by atoms with van der Waals surface area (Å²) in [6.07, 6.45) is 0. The van der Waals surface area contributed by atoms with Crippen LogP contribution >= 0.6 is 11.8 Å². The number of hydrogen-bond donors (Lipinski definition) is 0. The zero-order valence-corrected chi connectivity index (χ0v) is 20.5. The highest BCUT2D eigenvalue weighted by Crippen LogP contribution is 2.33. The Labute approximate surface area is 207 Å². The molecule has 0 fully saturated rings. The zero-order valence-electron chi connectivity index (χ0n) is 19.6. The van der Waals surface area contributed by atoms with Gasteiger partial charge >= 0.3 is 0 Å². The molecule has 3 aromatic carbocycles. The van der Waals surface area contributed by atoms with Crippen LogP contribution in [0, 0.1) is 5.82 Å². The zero-order chi connectivity index (χ0) is 24.8. The molecule has 0 unspecified atom stereocenters. The van der Waals surface area contributed by atoms with Crippen molar-refractivity contribution in [2.75, 3.05) is 27.0 Å². The van der Waals surface area contributed by atoms with Crippen LogP contribution in [0.1, 0.15) is 5.56 Å². The second-order valence-corrected chi connectivity index (χ2v) is 8.61. The number of halogens is 1. The van der Waals surface area contributed by atoms with Gasteiger partial charge in [0.1, 0.15) is 17.3 Å². The molecule has 0 radical (unpaired) electrons. The minimum atomic E-state index is -0.333. The number of ether oxygens (including phenoxy) is 2. The maximum absolute atomic E-state index is 14.0. The summed E-state index contributed by atoms with van der Waals surface area (Å²) in [6.45, 7) is 0.184. The number of hydrogen-bond acceptors (Lipinski definition) is 6. The predicted molar refractivity (Wildman–Crippen MR) is 133 cm³/mol. The quantitative estimate of drug-likeness (QED) is 0.312. The molecule has 1 aromatic heterocycles. The third-order valence-electron chi connectivity index (χ3n) is 5.43. The highest BCUT2D eigenvalue weighted by atomic mass is 32.2. The fourth-order valence-electron chi connectivity index (χ4n) is 3.54. The minimum Gasteiger partial charge on any atom is -0.497 e. The van der Waals surface area contributed by atoms with E-state index in [0.29, 0.717) is 22.3 Å². The van der Waals surface area contributed by atoms with Crippen molar-refractivity contribution in [3.63, 3.8) is 0 Å². The summed E-state index contributed by atoms with van der Waals surface area (Å²) in [5.41, 5.74) is 2.05. The maximum atomic E-state index is 14.0. The smallest absolute Gasteiger partial charge is 0.233 e. The lowest BCUT2D eigenvalue weighted by Gasteiger charge is -2.17. The van der Waals surface area contributed by atoms with Gasteiger partial charge < -0.3 is 14.4 Å². The van der Waals surface area contributed by atoms with E-state index in [1.165, 1.54) is 22.7 Å². The molecule has 0 saturated heterocycles. The SMILES string of the molecule is COc1ccc(-n2c(SCC(=O)N(C)Cc3ccccc3F)nnc2-c2ccccc2OC)cc1. The third-order valence-corrected chi connectivity index (χ3v) is 6.34. The Bertz CT molecular complexity index is 1310. The van der Waals surface area contributed by atoms with Crippen molar-refractivity contribution in [3.8, 4) is 28.6 Å². The van der Waals surface area contributed by atoms with Crippen LogP contribution < -0.4 is 9.47 Å². The summed E-state index contributed by atoms with van der Waals surface area (Å²) in [5.74, 6) is 1.60. The molecule has 0 aliphatic carbocycles. The van der Waals surface area contributed by atoms with E-state index < -0.39 is 0 Å². The monoisotopic (exact) mass is 492 g/mol. The van der Waals surface area contributed by atoms with Crippen LogP contribution in [0.4, 0.5) is 4.39 Å². The van der Waals surface area contributed by atoms with E-state index in [1.54, 1.807) is 39.5 Å². The van der Waals surface area contributed by atoms with Crippen molar-refractivity contribution in [2.45, 2.75) is 11.7 Å². The van der Waals surface area contributed by atoms with Crippen molar-refractivity contribution in [2.24, 2.45) is 0 Å². The first-order chi connectivity index (χ1) is 17.0. The number of methoxy groups -OCH3 is 2. The molecule has 0 bridgehead atoms. The summed E-state index contributed by atoms with van der Waals surface area (Å²) in [5, 5.41) is 9.34. The molecule has 7 nitrogen and oxygen atoms in total. The van der Waals surface area contributed by atoms with E-state index in [4.69, 9.17) is 9.47 Å². The van der Waals surface area contributed by atoms with E-state index in [-0.39, 0.29) is 24.0 Å². The summed E-state index contributed by atoms with van der Waals surface area (Å²) in [6, 6.07) is 21.5. The van der Waals surface area contributed by atoms with Gasteiger partial charge in [0.25, 0.3) is 0 Å². The Balaban J connectivity index is 1.61. The second kappa shape index (κ2) is 11.1. The third kappa shape index (κ3) is 5.46. The van der Waals surface area contributed by atoms with Gasteiger partial charge in [-0.2, -0.15) is 0 Å². The normalized spacial score (nSPS) is 10.7. The number of amides is 1. The molecule has 0 N–H and O–H groups in total. The molecule has 4 aromatic rings. The van der Waals surface area contributed by atoms with Gasteiger partial charge in [-0.05, 0) is 42.5 Å². The van der Waals surface area contributed by atoms with Crippen molar-refractivity contribution in [3.05, 3.63) is 84.2 Å². The molecule has 1 amide bonds. The fourth-order valence-corrected chi connectivity index (χ4v) is 4.43. The fraction of sp³-hybridized carbons (Fsp3) is 0.192. The van der Waals surface area contributed by atoms with E-state index in [0.717, 1.165) is 17.0 Å². The number of nitrogens with zero attached hydrogens (tertiary/aromatic N) is 4. The molecule has 1 heterocycles. The average Bonchev–Trinajstić information content (AvgIpc) is 3.32. The molecule has 180 valence electrons. The van der Waals surface area contributed by atoms with Gasteiger partial charge in [-0.3, -0.25) is 9.36 Å². The number of aromatic nitrogens is 3. The minimum absolute atomic E-state index is 0.116. The Morgan fingerprint density at radius 2 is 1.69 bits per heavy atom. The van der Waals surface area contributed by atoms with Crippen molar-refractivity contribution >= 4 is 17.7 Å². The number of benzene rings is 3. The molecule has 9 heteroatoms. The van der Waals surface area contributed by atoms with Gasteiger partial charge in [0, 0.05) is 19.2 Å². The first-order valence-electron chi connectivity index (χ1n) is 10.8. The lowest BCUT2D eigenvalue weighted by Crippen LogP contribution is -2.28. The average molecular weight is 493 g/mol. The molecule has 0 aliphatic heterocycles. The molecule has 0 spiro atoms. The molecule has 0 saturated carbocycles. The molecule has 35 heavy (non-hydrogen) atoms. The van der Waals surface area contributed by atoms with Crippen molar-refractivity contribution in [1.29, 1.82) is 0 Å². The number of para-hydroxylation sites is 1. The van der Waals surface area contributed by atoms with Crippen molar-refractivity contribution in [1.82, 2.24) is 19.7 Å². The molecular weight excluding hydrogens is 467 g/mol. The Morgan fingerprint density at radius 3 is 2.40 bits per heavy atom. The largest absolute Gasteiger partial charge is 0.497 e. The van der Waals surface area contributed by atoms with Gasteiger partial charge in [-0.1, -0.05) is 42.1 Å². The van der Waals surface area contributed by atoms with Gasteiger partial charge in [-0.25, -0.2) is 4.39 Å². The Morgan fingerprint density at radius 1 is 0.971 bits per heavy atom. The highest BCUT2D eigenvalue weighted by molar-refractivity contribution is 7.99. The lowest BCUT2D eigenvalue weighted by molar-refractivity contribution is -0.127. The summed E-state index contributed by atoms with van der Waals surface area (Å²) >= 11 is 1.26. The summed E-state index contributed by atoms with van der Waals surface area (Å²) < 4.78 is 26.7. The van der Waals surface area contributed by atoms with E-state index in [9.17, 15) is 9.18 Å². The first-order valence-corrected chi connectivity index (χ1v) is 11.8. The van der Waals surface area contributed by atoms with E-state index in [2.05, 4.69) is 10.2 Å². The molecule has 4 rings (SSSR count). The van der Waals surface area contributed by atoms with Gasteiger partial charge in [-0.15, -0.1) is 10.2 Å². The van der Waals surface area contributed by atoms with Crippen LogP contribution in [-0.2, 0) is 11.3 Å². The predicted octanol–water partition coefficient (Wildman–Crippen LogP) is 4.84. The van der Waals surface area contributed by atoms with Crippen LogP contribution in [0.3, 0.4) is 0 Å². The number of thioether (sulfide) groups is 1. The van der Waals surface area contributed by atoms with Crippen LogP contribution in [0.25, 0.3) is 17.1 Å². The van der Waals surface area contributed by atoms with Crippen LogP contribution in [0.2, 0.25) is 0 Å². The van der Waals surface area contributed by atoms with E-state index >= 15 is 0 Å². The number of carbonyl (C=O) groups excluding carboxylic acids is 1. The van der Waals surface area contributed by atoms with E-state index in [1.807, 2.05) is 53.1 Å². The van der Waals surface area contributed by atoms with Gasteiger partial charge in [0.2, 0.25) is 5.91 Å². The van der Waals surface area contributed by atoms with Crippen LogP contribution in [0.15, 0.2) is 78.0 Å². The maximum Gasteiger partial charge on any atom is 0.233 e. The Hall–Kier alpha value is -3.85. The molecular formula is C26H25FN4O3S. The highest BCUT2D eigenvalue weighted by Gasteiger charge is 2.21. The lowest BCUT2D eigenvalue weighted by atomic mass is 10.2. The number of rotatable bonds is 9. The summed E-state index contributed by atoms with van der Waals surface area (Å²) in [7, 11) is 4.87. The van der Waals surface area contributed by atoms with Crippen LogP contribution in [0.5, 0.6) is 11.5 Å². The molecule has 0 aliphatic rings. The Kier molecular flexibility index (Phi) is 7.67. The van der Waals surface area contributed by atoms with Gasteiger partial charge in [0.15, 0.2) is 11.0 Å². The van der Waals surface area contributed by atoms with Gasteiger partial charge in [0.05, 0.1) is 31.2 Å². The molecule has 0 atom stereocenters. The number of carbonyl (C=O) groups is 1. The first kappa shape index (κ1) is 24.3. The summed E-state index contributed by atoms with van der Waals surface area (Å²) in [4.78, 5) is 14.3. The van der Waals surface area contributed by atoms with Crippen molar-refractivity contribution < 1.29 is 18.7 Å². The topological polar surface area (TPSA) is 69.5 Å². The van der Waals surface area contributed by atoms with Crippen LogP contribution in [-0.4, -0.2) is 52.6 Å². The second-order valence-electron chi connectivity index (χ2n) is 7.67.